The van der Waals surface area contributed by atoms with Crippen molar-refractivity contribution < 1.29 is 14.3 Å². The molecule has 0 aromatic heterocycles. The molecule has 2 N–H and O–H groups in total. The van der Waals surface area contributed by atoms with Gasteiger partial charge in [-0.15, -0.1) is 0 Å². The maximum atomic E-state index is 12.4. The molecule has 2 amide bonds. The van der Waals surface area contributed by atoms with E-state index in [0.29, 0.717) is 5.92 Å². The lowest BCUT2D eigenvalue weighted by molar-refractivity contribution is -0.126. The van der Waals surface area contributed by atoms with Crippen molar-refractivity contribution in [2.75, 3.05) is 0 Å². The predicted molar refractivity (Wildman–Crippen MR) is 106 cm³/mol. The first kappa shape index (κ1) is 20.6. The summed E-state index contributed by atoms with van der Waals surface area (Å²) in [6.45, 7) is 14.9. The van der Waals surface area contributed by atoms with Crippen LogP contribution in [0.5, 0.6) is 0 Å². The quantitative estimate of drug-likeness (QED) is 0.765. The molecule has 1 saturated carbocycles. The molecule has 2 atom stereocenters. The smallest absolute Gasteiger partial charge is 0.251 e. The van der Waals surface area contributed by atoms with Gasteiger partial charge in [-0.2, -0.15) is 0 Å². The summed E-state index contributed by atoms with van der Waals surface area (Å²) in [5.41, 5.74) is -0.290. The summed E-state index contributed by atoms with van der Waals surface area (Å²) in [5.74, 6) is 1.04. The minimum absolute atomic E-state index is 0.00577. The summed E-state index contributed by atoms with van der Waals surface area (Å²) in [5, 5.41) is 6.22. The molecule has 1 aliphatic carbocycles. The second-order valence-corrected chi connectivity index (χ2v) is 11.9. The Morgan fingerprint density at radius 1 is 0.926 bits per heavy atom. The number of nitrogens with one attached hydrogen (secondary N) is 2. The molecule has 3 fully saturated rings. The van der Waals surface area contributed by atoms with E-state index < -0.39 is 5.72 Å². The molecule has 2 aliphatic heterocycles. The van der Waals surface area contributed by atoms with Crippen LogP contribution in [-0.2, 0) is 14.3 Å². The molecule has 5 nitrogen and oxygen atoms in total. The van der Waals surface area contributed by atoms with Crippen LogP contribution >= 0.6 is 0 Å². The monoisotopic (exact) mass is 378 g/mol. The first-order valence-electron chi connectivity index (χ1n) is 10.5. The van der Waals surface area contributed by atoms with E-state index >= 15 is 0 Å². The lowest BCUT2D eigenvalue weighted by Crippen LogP contribution is -2.53. The maximum absolute atomic E-state index is 12.4. The second-order valence-electron chi connectivity index (χ2n) is 11.9. The van der Waals surface area contributed by atoms with Crippen molar-refractivity contribution in [1.29, 1.82) is 0 Å². The van der Waals surface area contributed by atoms with Crippen molar-refractivity contribution in [1.82, 2.24) is 10.6 Å². The van der Waals surface area contributed by atoms with Gasteiger partial charge in [-0.1, -0.05) is 34.6 Å². The highest BCUT2D eigenvalue weighted by atomic mass is 16.5. The van der Waals surface area contributed by atoms with Gasteiger partial charge in [0.15, 0.2) is 0 Å². The van der Waals surface area contributed by atoms with Crippen LogP contribution in [0.3, 0.4) is 0 Å². The highest BCUT2D eigenvalue weighted by Gasteiger charge is 2.53. The van der Waals surface area contributed by atoms with Gasteiger partial charge in [-0.25, -0.2) is 0 Å². The van der Waals surface area contributed by atoms with E-state index in [1.165, 1.54) is 0 Å². The number of carbonyl (C=O) groups is 2. The summed E-state index contributed by atoms with van der Waals surface area (Å²) in [7, 11) is 0. The van der Waals surface area contributed by atoms with Crippen molar-refractivity contribution in [2.45, 2.75) is 104 Å². The van der Waals surface area contributed by atoms with Gasteiger partial charge in [0.2, 0.25) is 5.91 Å². The summed E-state index contributed by atoms with van der Waals surface area (Å²) < 4.78 is 5.88. The number of amides is 2. The van der Waals surface area contributed by atoms with Gasteiger partial charge in [-0.3, -0.25) is 9.59 Å². The lowest BCUT2D eigenvalue weighted by atomic mass is 9.61. The van der Waals surface area contributed by atoms with Gasteiger partial charge in [-0.05, 0) is 69.1 Å². The van der Waals surface area contributed by atoms with E-state index in [1.807, 2.05) is 13.8 Å². The zero-order chi connectivity index (χ0) is 20.3. The molecule has 3 aliphatic rings. The topological polar surface area (TPSA) is 67.4 Å². The first-order chi connectivity index (χ1) is 12.2. The third-order valence-corrected chi connectivity index (χ3v) is 6.35. The van der Waals surface area contributed by atoms with Crippen molar-refractivity contribution in [3.63, 3.8) is 0 Å². The van der Waals surface area contributed by atoms with Gasteiger partial charge >= 0.3 is 0 Å². The van der Waals surface area contributed by atoms with Crippen LogP contribution in [0.4, 0.5) is 0 Å². The summed E-state index contributed by atoms with van der Waals surface area (Å²) in [6, 6.07) is 0. The third kappa shape index (κ3) is 4.85. The SMILES string of the molecule is CC(C)(C)CC1CC2(CC(CC(C)(C)CC3OC(C)(C)NC3=O)C2)NC1=O. The fourth-order valence-electron chi connectivity index (χ4n) is 5.66. The molecule has 2 unspecified atom stereocenters. The Morgan fingerprint density at radius 3 is 2.07 bits per heavy atom. The van der Waals surface area contributed by atoms with Gasteiger partial charge in [0, 0.05) is 11.5 Å². The van der Waals surface area contributed by atoms with Crippen molar-refractivity contribution in [2.24, 2.45) is 22.7 Å². The zero-order valence-electron chi connectivity index (χ0n) is 18.2. The maximum Gasteiger partial charge on any atom is 0.251 e. The fraction of sp³-hybridized carbons (Fsp3) is 0.909. The van der Waals surface area contributed by atoms with Crippen LogP contribution in [0.2, 0.25) is 0 Å². The van der Waals surface area contributed by atoms with Crippen molar-refractivity contribution in [3.05, 3.63) is 0 Å². The predicted octanol–water partition coefficient (Wildman–Crippen LogP) is 3.77. The normalized spacial score (nSPS) is 35.9. The Bertz CT molecular complexity index is 612. The zero-order valence-corrected chi connectivity index (χ0v) is 18.2. The molecular weight excluding hydrogens is 340 g/mol. The highest BCUT2D eigenvalue weighted by molar-refractivity contribution is 5.83. The molecular formula is C22H38N2O3. The van der Waals surface area contributed by atoms with E-state index in [-0.39, 0.29) is 40.2 Å². The van der Waals surface area contributed by atoms with Crippen LogP contribution in [0, 0.1) is 22.7 Å². The molecule has 5 heteroatoms. The van der Waals surface area contributed by atoms with Crippen molar-refractivity contribution >= 4 is 11.8 Å². The van der Waals surface area contributed by atoms with E-state index in [0.717, 1.165) is 38.5 Å². The largest absolute Gasteiger partial charge is 0.350 e. The molecule has 0 aromatic carbocycles. The Hall–Kier alpha value is -1.10. The summed E-state index contributed by atoms with van der Waals surface area (Å²) in [6.07, 6.45) is 5.56. The van der Waals surface area contributed by atoms with E-state index in [4.69, 9.17) is 4.74 Å². The number of ether oxygens (including phenoxy) is 1. The molecule has 2 heterocycles. The van der Waals surface area contributed by atoms with E-state index in [2.05, 4.69) is 45.3 Å². The lowest BCUT2D eigenvalue weighted by Gasteiger charge is -2.48. The molecule has 2 saturated heterocycles. The van der Waals surface area contributed by atoms with Crippen LogP contribution < -0.4 is 10.6 Å². The number of hydrogen-bond acceptors (Lipinski definition) is 3. The average molecular weight is 379 g/mol. The minimum atomic E-state index is -0.561. The Labute approximate surface area is 164 Å². The highest BCUT2D eigenvalue weighted by Crippen LogP contribution is 2.51. The minimum Gasteiger partial charge on any atom is -0.350 e. The van der Waals surface area contributed by atoms with Crippen LogP contribution in [0.25, 0.3) is 0 Å². The van der Waals surface area contributed by atoms with Gasteiger partial charge < -0.3 is 15.4 Å². The molecule has 0 aromatic rings. The summed E-state index contributed by atoms with van der Waals surface area (Å²) >= 11 is 0. The molecule has 0 bridgehead atoms. The van der Waals surface area contributed by atoms with Crippen LogP contribution in [0.1, 0.15) is 87.0 Å². The fourth-order valence-corrected chi connectivity index (χ4v) is 5.66. The second kappa shape index (κ2) is 6.47. The van der Waals surface area contributed by atoms with Crippen LogP contribution in [-0.4, -0.2) is 29.2 Å². The third-order valence-electron chi connectivity index (χ3n) is 6.35. The van der Waals surface area contributed by atoms with Gasteiger partial charge in [0.25, 0.3) is 5.91 Å². The first-order valence-corrected chi connectivity index (χ1v) is 10.5. The van der Waals surface area contributed by atoms with E-state index in [9.17, 15) is 9.59 Å². The van der Waals surface area contributed by atoms with Gasteiger partial charge in [0.1, 0.15) is 11.8 Å². The molecule has 3 rings (SSSR count). The Morgan fingerprint density at radius 2 is 1.56 bits per heavy atom. The average Bonchev–Trinajstić information content (AvgIpc) is 2.83. The number of hydrogen-bond donors (Lipinski definition) is 2. The number of carbonyl (C=O) groups excluding carboxylic acids is 2. The molecule has 154 valence electrons. The molecule has 1 spiro atoms. The summed E-state index contributed by atoms with van der Waals surface area (Å²) in [4.78, 5) is 24.6. The van der Waals surface area contributed by atoms with Gasteiger partial charge in [0.05, 0.1) is 0 Å². The number of rotatable bonds is 5. The van der Waals surface area contributed by atoms with E-state index in [1.54, 1.807) is 0 Å². The molecule has 0 radical (unpaired) electrons. The van der Waals surface area contributed by atoms with Crippen molar-refractivity contribution in [3.8, 4) is 0 Å². The Kier molecular flexibility index (Phi) is 4.94. The van der Waals surface area contributed by atoms with Crippen LogP contribution in [0.15, 0.2) is 0 Å². The molecule has 27 heavy (non-hydrogen) atoms. The standard InChI is InChI=1S/C22H38N2O3/c1-19(2,3)11-15-12-22(24-17(15)25)9-14(10-22)8-20(4,5)13-16-18(26)23-21(6,7)27-16/h14-16H,8-13H2,1-7H3,(H,23,26)(H,24,25). The Balaban J connectivity index is 1.50.